The van der Waals surface area contributed by atoms with E-state index in [0.29, 0.717) is 5.69 Å². The van der Waals surface area contributed by atoms with Gasteiger partial charge in [-0.25, -0.2) is 4.68 Å². The average Bonchev–Trinajstić information content (AvgIpc) is 3.27. The summed E-state index contributed by atoms with van der Waals surface area (Å²) in [5, 5.41) is 10.1. The highest BCUT2D eigenvalue weighted by Gasteiger charge is 2.18. The van der Waals surface area contributed by atoms with Crippen molar-refractivity contribution in [3.8, 4) is 16.9 Å². The maximum atomic E-state index is 13.3. The van der Waals surface area contributed by atoms with E-state index in [2.05, 4.69) is 54.7 Å². The molecule has 0 atom stereocenters. The van der Waals surface area contributed by atoms with Crippen LogP contribution >= 0.6 is 0 Å². The highest BCUT2D eigenvalue weighted by molar-refractivity contribution is 6.04. The van der Waals surface area contributed by atoms with E-state index in [4.69, 9.17) is 5.10 Å². The number of nitrogens with zero attached hydrogens (tertiary/aromatic N) is 2. The molecule has 33 heavy (non-hydrogen) atoms. The summed E-state index contributed by atoms with van der Waals surface area (Å²) in [6.07, 6.45) is 0. The number of carbonyl (C=O) groups excluding carboxylic acids is 1. The lowest BCUT2D eigenvalue weighted by Gasteiger charge is -2.12. The molecule has 1 aromatic heterocycles. The van der Waals surface area contributed by atoms with E-state index in [0.717, 1.165) is 39.1 Å². The second-order valence-corrected chi connectivity index (χ2v) is 8.45. The van der Waals surface area contributed by atoms with Gasteiger partial charge in [-0.1, -0.05) is 72.3 Å². The highest BCUT2D eigenvalue weighted by Crippen LogP contribution is 2.28. The zero-order valence-electron chi connectivity index (χ0n) is 19.0. The second-order valence-electron chi connectivity index (χ2n) is 8.45. The molecule has 5 rings (SSSR count). The molecule has 0 fully saturated rings. The predicted molar refractivity (Wildman–Crippen MR) is 135 cm³/mol. The number of para-hydroxylation sites is 1. The minimum Gasteiger partial charge on any atom is -0.320 e. The van der Waals surface area contributed by atoms with Gasteiger partial charge in [0.1, 0.15) is 0 Å². The Morgan fingerprint density at radius 3 is 2.15 bits per heavy atom. The number of aryl methyl sites for hydroxylation is 3. The average molecular weight is 432 g/mol. The predicted octanol–water partition coefficient (Wildman–Crippen LogP) is 6.87. The van der Waals surface area contributed by atoms with Crippen LogP contribution in [0.25, 0.3) is 27.7 Å². The first-order chi connectivity index (χ1) is 16.0. The van der Waals surface area contributed by atoms with Crippen LogP contribution in [0.2, 0.25) is 0 Å². The molecule has 0 unspecified atom stereocenters. The summed E-state index contributed by atoms with van der Waals surface area (Å²) < 4.78 is 1.84. The Morgan fingerprint density at radius 2 is 1.42 bits per heavy atom. The van der Waals surface area contributed by atoms with Crippen LogP contribution in [-0.4, -0.2) is 15.7 Å². The molecule has 5 aromatic rings. The molecule has 162 valence electrons. The van der Waals surface area contributed by atoms with Crippen molar-refractivity contribution < 1.29 is 4.79 Å². The lowest BCUT2D eigenvalue weighted by molar-refractivity contribution is 0.102. The molecule has 0 radical (unpaired) electrons. The molecule has 0 saturated heterocycles. The van der Waals surface area contributed by atoms with Gasteiger partial charge in [0.2, 0.25) is 0 Å². The molecule has 0 aliphatic rings. The van der Waals surface area contributed by atoms with E-state index in [1.807, 2.05) is 67.1 Å². The van der Waals surface area contributed by atoms with Gasteiger partial charge < -0.3 is 5.32 Å². The Kier molecular flexibility index (Phi) is 5.27. The number of nitrogens with one attached hydrogen (secondary N) is 1. The number of carbonyl (C=O) groups is 1. The van der Waals surface area contributed by atoms with Crippen LogP contribution in [0.5, 0.6) is 0 Å². The highest BCUT2D eigenvalue weighted by atomic mass is 16.2. The largest absolute Gasteiger partial charge is 0.320 e. The lowest BCUT2D eigenvalue weighted by atomic mass is 10.0. The van der Waals surface area contributed by atoms with Crippen molar-refractivity contribution in [1.82, 2.24) is 9.78 Å². The Balaban J connectivity index is 1.59. The normalized spacial score (nSPS) is 11.0. The van der Waals surface area contributed by atoms with Gasteiger partial charge in [-0.15, -0.1) is 0 Å². The number of hydrogen-bond donors (Lipinski definition) is 1. The van der Waals surface area contributed by atoms with Gasteiger partial charge in [-0.2, -0.15) is 5.10 Å². The molecule has 0 aliphatic carbocycles. The minimum atomic E-state index is -0.221. The van der Waals surface area contributed by atoms with E-state index < -0.39 is 0 Å². The Morgan fingerprint density at radius 1 is 0.758 bits per heavy atom. The van der Waals surface area contributed by atoms with Gasteiger partial charge in [-0.3, -0.25) is 4.79 Å². The summed E-state index contributed by atoms with van der Waals surface area (Å²) in [5.41, 5.74) is 7.25. The summed E-state index contributed by atoms with van der Waals surface area (Å²) >= 11 is 0. The number of amides is 1. The maximum Gasteiger partial charge on any atom is 0.276 e. The molecule has 0 aliphatic heterocycles. The quantitative estimate of drug-likeness (QED) is 0.337. The monoisotopic (exact) mass is 431 g/mol. The SMILES string of the molecule is Cc1cc(C)c(NC(=O)c2cc(-c3ccc4ccccc4c3)n(-c3ccccc3)n2)c(C)c1. The Bertz CT molecular complexity index is 1460. The van der Waals surface area contributed by atoms with E-state index in [-0.39, 0.29) is 5.91 Å². The molecular formula is C29H25N3O. The van der Waals surface area contributed by atoms with Gasteiger partial charge in [0.15, 0.2) is 5.69 Å². The Labute approximate surface area is 193 Å². The molecule has 1 amide bonds. The summed E-state index contributed by atoms with van der Waals surface area (Å²) in [5.74, 6) is -0.221. The van der Waals surface area contributed by atoms with E-state index >= 15 is 0 Å². The first-order valence-corrected chi connectivity index (χ1v) is 11.0. The number of benzene rings is 4. The third-order valence-electron chi connectivity index (χ3n) is 5.90. The lowest BCUT2D eigenvalue weighted by Crippen LogP contribution is -2.15. The molecule has 1 N–H and O–H groups in total. The molecule has 4 nitrogen and oxygen atoms in total. The molecule has 0 saturated carbocycles. The van der Waals surface area contributed by atoms with Crippen LogP contribution in [-0.2, 0) is 0 Å². The van der Waals surface area contributed by atoms with E-state index in [9.17, 15) is 4.79 Å². The number of aromatic nitrogens is 2. The van der Waals surface area contributed by atoms with Crippen LogP contribution in [0, 0.1) is 20.8 Å². The number of rotatable bonds is 4. The van der Waals surface area contributed by atoms with Crippen LogP contribution in [0.3, 0.4) is 0 Å². The standard InChI is InChI=1S/C29H25N3O/c1-19-15-20(2)28(21(3)16-19)30-29(33)26-18-27(32(31-26)25-11-5-4-6-12-25)24-14-13-22-9-7-8-10-23(22)17-24/h4-18H,1-3H3,(H,30,33). The van der Waals surface area contributed by atoms with Crippen LogP contribution in [0.1, 0.15) is 27.2 Å². The van der Waals surface area contributed by atoms with Crippen LogP contribution < -0.4 is 5.32 Å². The number of fused-ring (bicyclic) bond motifs is 1. The van der Waals surface area contributed by atoms with E-state index in [1.54, 1.807) is 0 Å². The van der Waals surface area contributed by atoms with Crippen LogP contribution in [0.15, 0.2) is 91.0 Å². The molecule has 1 heterocycles. The molecule has 0 bridgehead atoms. The minimum absolute atomic E-state index is 0.221. The van der Waals surface area contributed by atoms with Crippen molar-refractivity contribution in [2.45, 2.75) is 20.8 Å². The van der Waals surface area contributed by atoms with Crippen molar-refractivity contribution in [3.05, 3.63) is 113 Å². The fraction of sp³-hybridized carbons (Fsp3) is 0.103. The molecular weight excluding hydrogens is 406 g/mol. The first kappa shape index (κ1) is 20.7. The van der Waals surface area contributed by atoms with Crippen LogP contribution in [0.4, 0.5) is 5.69 Å². The van der Waals surface area contributed by atoms with Gasteiger partial charge >= 0.3 is 0 Å². The van der Waals surface area contributed by atoms with E-state index in [1.165, 1.54) is 10.9 Å². The zero-order chi connectivity index (χ0) is 22.9. The molecule has 4 aromatic carbocycles. The zero-order valence-corrected chi connectivity index (χ0v) is 19.0. The molecule has 4 heteroatoms. The van der Waals surface area contributed by atoms with Gasteiger partial charge in [0.05, 0.1) is 11.4 Å². The fourth-order valence-corrected chi connectivity index (χ4v) is 4.37. The number of anilines is 1. The van der Waals surface area contributed by atoms with Crippen molar-refractivity contribution in [2.24, 2.45) is 0 Å². The summed E-state index contributed by atoms with van der Waals surface area (Å²) in [7, 11) is 0. The maximum absolute atomic E-state index is 13.3. The summed E-state index contributed by atoms with van der Waals surface area (Å²) in [6.45, 7) is 6.08. The third-order valence-corrected chi connectivity index (χ3v) is 5.90. The topological polar surface area (TPSA) is 46.9 Å². The second kappa shape index (κ2) is 8.40. The van der Waals surface area contributed by atoms with Gasteiger partial charge in [0, 0.05) is 11.3 Å². The smallest absolute Gasteiger partial charge is 0.276 e. The van der Waals surface area contributed by atoms with Crippen molar-refractivity contribution in [1.29, 1.82) is 0 Å². The van der Waals surface area contributed by atoms with Crippen molar-refractivity contribution in [2.75, 3.05) is 5.32 Å². The Hall–Kier alpha value is -4.18. The first-order valence-electron chi connectivity index (χ1n) is 11.0. The molecule has 0 spiro atoms. The third kappa shape index (κ3) is 4.03. The summed E-state index contributed by atoms with van der Waals surface area (Å²) in [4.78, 5) is 13.3. The van der Waals surface area contributed by atoms with Gasteiger partial charge in [0.25, 0.3) is 5.91 Å². The van der Waals surface area contributed by atoms with Crippen molar-refractivity contribution in [3.63, 3.8) is 0 Å². The fourth-order valence-electron chi connectivity index (χ4n) is 4.37. The van der Waals surface area contributed by atoms with Gasteiger partial charge in [-0.05, 0) is 66.9 Å². The van der Waals surface area contributed by atoms with Crippen molar-refractivity contribution >= 4 is 22.4 Å². The summed E-state index contributed by atoms with van der Waals surface area (Å²) in [6, 6.07) is 30.5. The number of hydrogen-bond acceptors (Lipinski definition) is 2.